The summed E-state index contributed by atoms with van der Waals surface area (Å²) in [4.78, 5) is 2.65. The van der Waals surface area contributed by atoms with Gasteiger partial charge in [0.1, 0.15) is 0 Å². The predicted octanol–water partition coefficient (Wildman–Crippen LogP) is 3.66. The van der Waals surface area contributed by atoms with Crippen molar-refractivity contribution in [1.29, 1.82) is 0 Å². The molecule has 1 unspecified atom stereocenters. The Morgan fingerprint density at radius 3 is 2.67 bits per heavy atom. The molecule has 1 aromatic heterocycles. The molecule has 0 spiro atoms. The van der Waals surface area contributed by atoms with Crippen LogP contribution in [0.1, 0.15) is 51.6 Å². The van der Waals surface area contributed by atoms with Crippen LogP contribution in [-0.2, 0) is 0 Å². The minimum atomic E-state index is 0.201. The summed E-state index contributed by atoms with van der Waals surface area (Å²) in [6, 6.07) is 2.72. The summed E-state index contributed by atoms with van der Waals surface area (Å²) in [5.74, 6) is 0. The van der Waals surface area contributed by atoms with Crippen LogP contribution in [0.2, 0.25) is 0 Å². The van der Waals surface area contributed by atoms with E-state index in [1.165, 1.54) is 37.9 Å². The molecule has 1 aromatic rings. The zero-order valence-corrected chi connectivity index (χ0v) is 12.7. The Hall–Kier alpha value is -0.380. The van der Waals surface area contributed by atoms with Crippen LogP contribution < -0.4 is 5.32 Å². The number of nitrogens with zero attached hydrogens (tertiary/aromatic N) is 1. The Balaban J connectivity index is 2.16. The lowest BCUT2D eigenvalue weighted by Crippen LogP contribution is -2.51. The molecule has 2 heterocycles. The van der Waals surface area contributed by atoms with Crippen LogP contribution in [0.3, 0.4) is 0 Å². The van der Waals surface area contributed by atoms with E-state index >= 15 is 0 Å². The van der Waals surface area contributed by atoms with Crippen LogP contribution >= 0.6 is 11.3 Å². The van der Waals surface area contributed by atoms with Crippen LogP contribution in [0.25, 0.3) is 0 Å². The monoisotopic (exact) mass is 266 g/mol. The molecule has 1 fully saturated rings. The van der Waals surface area contributed by atoms with E-state index in [9.17, 15) is 0 Å². The largest absolute Gasteiger partial charge is 0.308 e. The summed E-state index contributed by atoms with van der Waals surface area (Å²) < 4.78 is 0. The van der Waals surface area contributed by atoms with Crippen molar-refractivity contribution in [2.24, 2.45) is 0 Å². The van der Waals surface area contributed by atoms with Crippen LogP contribution in [0.5, 0.6) is 0 Å². The van der Waals surface area contributed by atoms with Crippen LogP contribution in [0.4, 0.5) is 0 Å². The third-order valence-corrected chi connectivity index (χ3v) is 4.80. The smallest absolute Gasteiger partial charge is 0.0510 e. The molecule has 0 radical (unpaired) electrons. The highest BCUT2D eigenvalue weighted by molar-refractivity contribution is 7.07. The first kappa shape index (κ1) is 14.0. The lowest BCUT2D eigenvalue weighted by Gasteiger charge is -2.42. The van der Waals surface area contributed by atoms with E-state index in [-0.39, 0.29) is 5.54 Å². The van der Waals surface area contributed by atoms with Crippen LogP contribution in [0.15, 0.2) is 16.8 Å². The minimum Gasteiger partial charge on any atom is -0.308 e. The zero-order valence-electron chi connectivity index (χ0n) is 11.9. The molecular formula is C15H26N2S. The number of hydrogen-bond donors (Lipinski definition) is 1. The van der Waals surface area contributed by atoms with Crippen LogP contribution in [0, 0.1) is 0 Å². The first-order valence-electron chi connectivity index (χ1n) is 7.16. The highest BCUT2D eigenvalue weighted by Crippen LogP contribution is 2.34. The van der Waals surface area contributed by atoms with Crippen molar-refractivity contribution < 1.29 is 0 Å². The van der Waals surface area contributed by atoms with Crippen molar-refractivity contribution in [3.8, 4) is 0 Å². The van der Waals surface area contributed by atoms with Gasteiger partial charge in [-0.2, -0.15) is 11.3 Å². The summed E-state index contributed by atoms with van der Waals surface area (Å²) in [7, 11) is 0. The number of thiophene rings is 1. The third kappa shape index (κ3) is 2.95. The molecule has 0 bridgehead atoms. The first-order chi connectivity index (χ1) is 8.66. The van der Waals surface area contributed by atoms with Gasteiger partial charge >= 0.3 is 0 Å². The fourth-order valence-electron chi connectivity index (χ4n) is 2.98. The second-order valence-corrected chi connectivity index (χ2v) is 6.57. The predicted molar refractivity (Wildman–Crippen MR) is 80.2 cm³/mol. The SMILES string of the molecule is CCCNC(c1ccsc1)C(C)(C)N1CCCC1. The molecule has 1 aliphatic heterocycles. The maximum Gasteiger partial charge on any atom is 0.0510 e. The van der Waals surface area contributed by atoms with E-state index in [0.29, 0.717) is 6.04 Å². The summed E-state index contributed by atoms with van der Waals surface area (Å²) in [6.45, 7) is 10.6. The lowest BCUT2D eigenvalue weighted by molar-refractivity contribution is 0.107. The van der Waals surface area contributed by atoms with E-state index in [4.69, 9.17) is 0 Å². The van der Waals surface area contributed by atoms with Gasteiger partial charge in [0.05, 0.1) is 6.04 Å². The molecule has 2 rings (SSSR count). The fourth-order valence-corrected chi connectivity index (χ4v) is 3.67. The first-order valence-corrected chi connectivity index (χ1v) is 8.11. The average molecular weight is 266 g/mol. The molecule has 18 heavy (non-hydrogen) atoms. The molecule has 102 valence electrons. The quantitative estimate of drug-likeness (QED) is 0.845. The van der Waals surface area contributed by atoms with Gasteiger partial charge in [0.25, 0.3) is 0 Å². The molecule has 1 atom stereocenters. The third-order valence-electron chi connectivity index (χ3n) is 4.10. The van der Waals surface area contributed by atoms with Crippen molar-refractivity contribution in [2.45, 2.75) is 51.6 Å². The number of rotatable bonds is 6. The molecular weight excluding hydrogens is 240 g/mol. The van der Waals surface area contributed by atoms with Gasteiger partial charge in [-0.15, -0.1) is 0 Å². The van der Waals surface area contributed by atoms with Crippen molar-refractivity contribution in [3.63, 3.8) is 0 Å². The van der Waals surface area contributed by atoms with Gasteiger partial charge in [-0.05, 0) is 75.1 Å². The Kier molecular flexibility index (Phi) is 4.82. The van der Waals surface area contributed by atoms with Gasteiger partial charge in [-0.25, -0.2) is 0 Å². The lowest BCUT2D eigenvalue weighted by atomic mass is 9.88. The highest BCUT2D eigenvalue weighted by Gasteiger charge is 2.37. The number of likely N-dealkylation sites (tertiary alicyclic amines) is 1. The van der Waals surface area contributed by atoms with E-state index in [1.807, 2.05) is 0 Å². The highest BCUT2D eigenvalue weighted by atomic mass is 32.1. The standard InChI is InChI=1S/C15H26N2S/c1-4-8-16-14(13-7-11-18-12-13)15(2,3)17-9-5-6-10-17/h7,11-12,14,16H,4-6,8-10H2,1-3H3. The average Bonchev–Trinajstić information content (AvgIpc) is 3.02. The van der Waals surface area contributed by atoms with Gasteiger partial charge in [0.15, 0.2) is 0 Å². The Morgan fingerprint density at radius 1 is 1.39 bits per heavy atom. The Labute approximate surface area is 115 Å². The fraction of sp³-hybridized carbons (Fsp3) is 0.733. The van der Waals surface area contributed by atoms with Crippen molar-refractivity contribution in [2.75, 3.05) is 19.6 Å². The topological polar surface area (TPSA) is 15.3 Å². The normalized spacial score (nSPS) is 19.3. The molecule has 0 amide bonds. The second-order valence-electron chi connectivity index (χ2n) is 5.79. The van der Waals surface area contributed by atoms with E-state index in [1.54, 1.807) is 11.3 Å². The maximum absolute atomic E-state index is 3.75. The van der Waals surface area contributed by atoms with Gasteiger partial charge in [-0.1, -0.05) is 6.92 Å². The summed E-state index contributed by atoms with van der Waals surface area (Å²) in [5, 5.41) is 8.24. The molecule has 0 aliphatic carbocycles. The molecule has 0 saturated carbocycles. The molecule has 1 saturated heterocycles. The summed E-state index contributed by atoms with van der Waals surface area (Å²) >= 11 is 1.80. The van der Waals surface area contributed by atoms with Gasteiger partial charge < -0.3 is 5.32 Å². The molecule has 2 nitrogen and oxygen atoms in total. The number of nitrogens with one attached hydrogen (secondary N) is 1. The minimum absolute atomic E-state index is 0.201. The number of hydrogen-bond acceptors (Lipinski definition) is 3. The molecule has 3 heteroatoms. The van der Waals surface area contributed by atoms with Crippen molar-refractivity contribution >= 4 is 11.3 Å². The molecule has 1 aliphatic rings. The van der Waals surface area contributed by atoms with Gasteiger partial charge in [0.2, 0.25) is 0 Å². The summed E-state index contributed by atoms with van der Waals surface area (Å²) in [5.41, 5.74) is 1.65. The van der Waals surface area contributed by atoms with E-state index in [0.717, 1.165) is 6.54 Å². The Bertz CT molecular complexity index is 339. The van der Waals surface area contributed by atoms with Crippen molar-refractivity contribution in [1.82, 2.24) is 10.2 Å². The maximum atomic E-state index is 3.75. The second kappa shape index (κ2) is 6.18. The zero-order chi connectivity index (χ0) is 13.0. The molecule has 0 aromatic carbocycles. The van der Waals surface area contributed by atoms with Crippen molar-refractivity contribution in [3.05, 3.63) is 22.4 Å². The Morgan fingerprint density at radius 2 is 2.11 bits per heavy atom. The summed E-state index contributed by atoms with van der Waals surface area (Å²) in [6.07, 6.45) is 3.90. The van der Waals surface area contributed by atoms with Gasteiger partial charge in [0, 0.05) is 5.54 Å². The van der Waals surface area contributed by atoms with E-state index in [2.05, 4.69) is 47.8 Å². The van der Waals surface area contributed by atoms with Gasteiger partial charge in [-0.3, -0.25) is 4.90 Å². The molecule has 1 N–H and O–H groups in total. The van der Waals surface area contributed by atoms with Crippen LogP contribution in [-0.4, -0.2) is 30.1 Å². The van der Waals surface area contributed by atoms with E-state index < -0.39 is 0 Å².